The second-order valence-corrected chi connectivity index (χ2v) is 6.87. The monoisotopic (exact) mass is 344 g/mol. The van der Waals surface area contributed by atoms with Crippen molar-refractivity contribution in [2.24, 2.45) is 0 Å². The van der Waals surface area contributed by atoms with Crippen molar-refractivity contribution < 1.29 is 19.1 Å². The largest absolute Gasteiger partial charge is 0.480 e. The van der Waals surface area contributed by atoms with Crippen molar-refractivity contribution in [1.82, 2.24) is 10.3 Å². The molecule has 0 aliphatic rings. The molecule has 1 amide bonds. The molecular weight excluding hydrogens is 320 g/mol. The number of hydrogen-bond acceptors (Lipinski definition) is 4. The third-order valence-electron chi connectivity index (χ3n) is 3.97. The molecule has 2 aromatic rings. The van der Waals surface area contributed by atoms with E-state index in [2.05, 4.69) is 36.3 Å². The van der Waals surface area contributed by atoms with Crippen molar-refractivity contribution in [3.63, 3.8) is 0 Å². The van der Waals surface area contributed by atoms with Crippen molar-refractivity contribution in [3.8, 4) is 11.3 Å². The van der Waals surface area contributed by atoms with Crippen molar-refractivity contribution in [3.05, 3.63) is 41.9 Å². The van der Waals surface area contributed by atoms with Gasteiger partial charge in [-0.25, -0.2) is 9.78 Å². The average molecular weight is 344 g/mol. The van der Waals surface area contributed by atoms with Gasteiger partial charge in [0.15, 0.2) is 11.7 Å². The Morgan fingerprint density at radius 1 is 1.24 bits per heavy atom. The molecule has 2 N–H and O–H groups in total. The predicted octanol–water partition coefficient (Wildman–Crippen LogP) is 3.38. The lowest BCUT2D eigenvalue weighted by Gasteiger charge is -2.20. The average Bonchev–Trinajstić information content (AvgIpc) is 3.01. The Morgan fingerprint density at radius 2 is 1.88 bits per heavy atom. The number of nitrogens with one attached hydrogen (secondary N) is 1. The Bertz CT molecular complexity index is 745. The van der Waals surface area contributed by atoms with Crippen molar-refractivity contribution in [2.45, 2.75) is 52.0 Å². The molecule has 6 nitrogen and oxygen atoms in total. The fraction of sp³-hybridized carbons (Fsp3) is 0.421. The Balaban J connectivity index is 1.95. The molecular formula is C19H24N2O4. The summed E-state index contributed by atoms with van der Waals surface area (Å²) in [6, 6.07) is 8.09. The van der Waals surface area contributed by atoms with E-state index < -0.39 is 11.5 Å². The minimum Gasteiger partial charge on any atom is -0.480 e. The van der Waals surface area contributed by atoms with E-state index in [1.54, 1.807) is 6.20 Å². The highest BCUT2D eigenvalue weighted by molar-refractivity contribution is 5.86. The summed E-state index contributed by atoms with van der Waals surface area (Å²) in [5, 5.41) is 11.5. The first-order chi connectivity index (χ1) is 11.7. The molecule has 1 aromatic carbocycles. The van der Waals surface area contributed by atoms with Crippen molar-refractivity contribution in [1.29, 1.82) is 0 Å². The maximum atomic E-state index is 11.9. The van der Waals surface area contributed by atoms with Gasteiger partial charge in [0.25, 0.3) is 0 Å². The van der Waals surface area contributed by atoms with Crippen LogP contribution in [0.2, 0.25) is 0 Å². The first-order valence-electron chi connectivity index (χ1n) is 8.28. The fourth-order valence-corrected chi connectivity index (χ4v) is 2.28. The third-order valence-corrected chi connectivity index (χ3v) is 3.97. The molecule has 0 aliphatic carbocycles. The lowest BCUT2D eigenvalue weighted by molar-refractivity contribution is -0.146. The van der Waals surface area contributed by atoms with E-state index in [0.717, 1.165) is 5.56 Å². The highest BCUT2D eigenvalue weighted by atomic mass is 16.4. The van der Waals surface area contributed by atoms with Gasteiger partial charge in [-0.05, 0) is 25.3 Å². The minimum atomic E-state index is -1.29. The van der Waals surface area contributed by atoms with Gasteiger partial charge in [-0.15, -0.1) is 0 Å². The molecule has 0 spiro atoms. The van der Waals surface area contributed by atoms with Crippen LogP contribution < -0.4 is 5.32 Å². The molecule has 0 unspecified atom stereocenters. The number of aliphatic carboxylic acids is 1. The second-order valence-electron chi connectivity index (χ2n) is 6.87. The normalized spacial score (nSPS) is 11.6. The van der Waals surface area contributed by atoms with E-state index >= 15 is 0 Å². The maximum absolute atomic E-state index is 11.9. The van der Waals surface area contributed by atoms with E-state index in [1.807, 2.05) is 12.1 Å². The number of nitrogens with zero attached hydrogens (tertiary/aromatic N) is 1. The summed E-state index contributed by atoms with van der Waals surface area (Å²) in [6.07, 6.45) is 2.06. The molecule has 6 heteroatoms. The van der Waals surface area contributed by atoms with Crippen LogP contribution in [0.4, 0.5) is 0 Å². The maximum Gasteiger partial charge on any atom is 0.328 e. The molecule has 0 radical (unpaired) electrons. The highest BCUT2D eigenvalue weighted by Crippen LogP contribution is 2.23. The zero-order valence-corrected chi connectivity index (χ0v) is 15.0. The van der Waals surface area contributed by atoms with Crippen LogP contribution >= 0.6 is 0 Å². The van der Waals surface area contributed by atoms with Gasteiger partial charge in [0.2, 0.25) is 5.91 Å². The molecule has 0 saturated heterocycles. The first kappa shape index (κ1) is 18.7. The number of aromatic nitrogens is 1. The van der Waals surface area contributed by atoms with Gasteiger partial charge < -0.3 is 14.8 Å². The third kappa shape index (κ3) is 4.92. The summed E-state index contributed by atoms with van der Waals surface area (Å²) in [6.45, 7) is 7.16. The molecule has 0 atom stereocenters. The number of benzene rings is 1. The lowest BCUT2D eigenvalue weighted by Crippen LogP contribution is -2.49. The Hall–Kier alpha value is -2.63. The number of hydrogen-bond donors (Lipinski definition) is 2. The number of carbonyl (C=O) groups is 2. The Kier molecular flexibility index (Phi) is 5.62. The van der Waals surface area contributed by atoms with Gasteiger partial charge in [0.1, 0.15) is 5.54 Å². The summed E-state index contributed by atoms with van der Waals surface area (Å²) in [5.74, 6) is 0.133. The van der Waals surface area contributed by atoms with Crippen LogP contribution in [0.1, 0.15) is 51.5 Å². The summed E-state index contributed by atoms with van der Waals surface area (Å²) < 4.78 is 5.69. The van der Waals surface area contributed by atoms with Gasteiger partial charge in [-0.3, -0.25) is 4.79 Å². The molecule has 1 aromatic heterocycles. The van der Waals surface area contributed by atoms with E-state index in [0.29, 0.717) is 24.0 Å². The molecule has 0 fully saturated rings. The van der Waals surface area contributed by atoms with Crippen LogP contribution in [-0.4, -0.2) is 27.5 Å². The summed E-state index contributed by atoms with van der Waals surface area (Å²) in [4.78, 5) is 27.1. The first-order valence-corrected chi connectivity index (χ1v) is 8.28. The standard InChI is InChI=1S/C19H24N2O4/c1-12(2)13-5-7-14(8-6-13)15-11-20-17(25-15)10-9-16(22)21-19(3,4)18(23)24/h5-8,11-12H,9-10H2,1-4H3,(H,21,22)(H,23,24). The number of rotatable bonds is 7. The van der Waals surface area contributed by atoms with Crippen LogP contribution in [0.25, 0.3) is 11.3 Å². The van der Waals surface area contributed by atoms with Gasteiger partial charge in [0.05, 0.1) is 6.20 Å². The Morgan fingerprint density at radius 3 is 2.44 bits per heavy atom. The SMILES string of the molecule is CC(C)c1ccc(-c2cnc(CCC(=O)NC(C)(C)C(=O)O)o2)cc1. The quantitative estimate of drug-likeness (QED) is 0.803. The number of amides is 1. The van der Waals surface area contributed by atoms with Crippen molar-refractivity contribution in [2.75, 3.05) is 0 Å². The predicted molar refractivity (Wildman–Crippen MR) is 94.2 cm³/mol. The number of oxazole rings is 1. The van der Waals surface area contributed by atoms with Gasteiger partial charge in [-0.1, -0.05) is 38.1 Å². The Labute approximate surface area is 147 Å². The van der Waals surface area contributed by atoms with Crippen LogP contribution in [0.3, 0.4) is 0 Å². The minimum absolute atomic E-state index is 0.114. The lowest BCUT2D eigenvalue weighted by atomic mass is 10.0. The molecule has 134 valence electrons. The van der Waals surface area contributed by atoms with Crippen LogP contribution in [-0.2, 0) is 16.0 Å². The number of carboxylic acids is 1. The number of aryl methyl sites for hydroxylation is 1. The summed E-state index contributed by atoms with van der Waals surface area (Å²) >= 11 is 0. The molecule has 25 heavy (non-hydrogen) atoms. The van der Waals surface area contributed by atoms with Crippen LogP contribution in [0.5, 0.6) is 0 Å². The van der Waals surface area contributed by atoms with E-state index in [9.17, 15) is 9.59 Å². The van der Waals surface area contributed by atoms with Gasteiger partial charge in [-0.2, -0.15) is 0 Å². The molecule has 2 rings (SSSR count). The molecule has 0 aliphatic heterocycles. The zero-order chi connectivity index (χ0) is 18.6. The topological polar surface area (TPSA) is 92.4 Å². The van der Waals surface area contributed by atoms with Crippen LogP contribution in [0.15, 0.2) is 34.9 Å². The summed E-state index contributed by atoms with van der Waals surface area (Å²) in [5.41, 5.74) is 0.887. The van der Waals surface area contributed by atoms with Crippen LogP contribution in [0, 0.1) is 0 Å². The zero-order valence-electron chi connectivity index (χ0n) is 15.0. The van der Waals surface area contributed by atoms with E-state index in [4.69, 9.17) is 9.52 Å². The summed E-state index contributed by atoms with van der Waals surface area (Å²) in [7, 11) is 0. The molecule has 0 saturated carbocycles. The molecule has 0 bridgehead atoms. The highest BCUT2D eigenvalue weighted by Gasteiger charge is 2.28. The smallest absolute Gasteiger partial charge is 0.328 e. The van der Waals surface area contributed by atoms with Gasteiger partial charge in [0, 0.05) is 18.4 Å². The fourth-order valence-electron chi connectivity index (χ4n) is 2.28. The number of carbonyl (C=O) groups excluding carboxylic acids is 1. The van der Waals surface area contributed by atoms with Crippen molar-refractivity contribution >= 4 is 11.9 Å². The number of carboxylic acid groups (broad SMARTS) is 1. The second kappa shape index (κ2) is 7.51. The molecule has 1 heterocycles. The van der Waals surface area contributed by atoms with Gasteiger partial charge >= 0.3 is 5.97 Å². The van der Waals surface area contributed by atoms with E-state index in [1.165, 1.54) is 19.4 Å². The van der Waals surface area contributed by atoms with E-state index in [-0.39, 0.29) is 12.3 Å².